The van der Waals surface area contributed by atoms with Gasteiger partial charge in [0.05, 0.1) is 0 Å². The Morgan fingerprint density at radius 3 is 2.56 bits per heavy atom. The topological polar surface area (TPSA) is 65.2 Å². The lowest BCUT2D eigenvalue weighted by Gasteiger charge is -2.07. The van der Waals surface area contributed by atoms with Crippen molar-refractivity contribution in [1.29, 1.82) is 0 Å². The molecule has 2 rings (SSSR count). The van der Waals surface area contributed by atoms with Crippen LogP contribution in [0.15, 0.2) is 41.0 Å². The van der Waals surface area contributed by atoms with Crippen molar-refractivity contribution in [3.8, 4) is 11.6 Å². The van der Waals surface area contributed by atoms with E-state index in [-0.39, 0.29) is 0 Å². The second-order valence-electron chi connectivity index (χ2n) is 3.77. The van der Waals surface area contributed by atoms with Gasteiger partial charge in [0.2, 0.25) is 11.8 Å². The minimum absolute atomic E-state index is 0.447. The van der Waals surface area contributed by atoms with Gasteiger partial charge in [0.1, 0.15) is 5.75 Å². The van der Waals surface area contributed by atoms with Crippen LogP contribution >= 0.6 is 15.9 Å². The maximum Gasteiger partial charge on any atom is 0.248 e. The van der Waals surface area contributed by atoms with Gasteiger partial charge in [-0.25, -0.2) is 4.98 Å². The lowest BCUT2D eigenvalue weighted by atomic mass is 10.2. The molecule has 0 atom stereocenters. The molecule has 4 nitrogen and oxygen atoms in total. The van der Waals surface area contributed by atoms with Crippen LogP contribution in [0.4, 0.5) is 0 Å². The second-order valence-corrected chi connectivity index (χ2v) is 4.68. The summed E-state index contributed by atoms with van der Waals surface area (Å²) in [7, 11) is 0. The van der Waals surface area contributed by atoms with Crippen LogP contribution in [0, 0.1) is 6.92 Å². The number of amides is 1. The van der Waals surface area contributed by atoms with Crippen molar-refractivity contribution in [3.63, 3.8) is 0 Å². The molecule has 1 amide bonds. The van der Waals surface area contributed by atoms with Crippen molar-refractivity contribution < 1.29 is 9.53 Å². The van der Waals surface area contributed by atoms with Gasteiger partial charge < -0.3 is 10.5 Å². The quantitative estimate of drug-likeness (QED) is 0.948. The van der Waals surface area contributed by atoms with E-state index >= 15 is 0 Å². The summed E-state index contributed by atoms with van der Waals surface area (Å²) >= 11 is 3.34. The predicted octanol–water partition coefficient (Wildman–Crippen LogP) is 3.04. The molecule has 0 aliphatic heterocycles. The first kappa shape index (κ1) is 12.6. The Balaban J connectivity index is 2.21. The van der Waals surface area contributed by atoms with Crippen LogP contribution in [-0.2, 0) is 0 Å². The van der Waals surface area contributed by atoms with Crippen LogP contribution < -0.4 is 10.5 Å². The standard InChI is InChI=1S/C13H11BrN2O2/c1-8-6-10(14)7-16-13(8)18-11-4-2-9(3-5-11)12(15)17/h2-7H,1H3,(H2,15,17). The van der Waals surface area contributed by atoms with Crippen molar-refractivity contribution in [2.45, 2.75) is 6.92 Å². The highest BCUT2D eigenvalue weighted by Gasteiger charge is 2.05. The van der Waals surface area contributed by atoms with Crippen LogP contribution in [0.1, 0.15) is 15.9 Å². The average Bonchev–Trinajstić information content (AvgIpc) is 2.33. The normalized spacial score (nSPS) is 10.1. The molecule has 18 heavy (non-hydrogen) atoms. The number of carbonyl (C=O) groups excluding carboxylic acids is 1. The third-order valence-electron chi connectivity index (χ3n) is 2.35. The Morgan fingerprint density at radius 1 is 1.33 bits per heavy atom. The Morgan fingerprint density at radius 2 is 2.00 bits per heavy atom. The van der Waals surface area contributed by atoms with E-state index in [1.165, 1.54) is 0 Å². The fourth-order valence-corrected chi connectivity index (χ4v) is 1.88. The summed E-state index contributed by atoms with van der Waals surface area (Å²) < 4.78 is 6.51. The van der Waals surface area contributed by atoms with E-state index < -0.39 is 5.91 Å². The SMILES string of the molecule is Cc1cc(Br)cnc1Oc1ccc(C(N)=O)cc1. The van der Waals surface area contributed by atoms with E-state index in [4.69, 9.17) is 10.5 Å². The van der Waals surface area contributed by atoms with Gasteiger partial charge >= 0.3 is 0 Å². The number of carbonyl (C=O) groups is 1. The molecule has 1 aromatic heterocycles. The first-order valence-electron chi connectivity index (χ1n) is 5.26. The molecule has 0 fully saturated rings. The van der Waals surface area contributed by atoms with Crippen LogP contribution in [0.2, 0.25) is 0 Å². The molecule has 0 spiro atoms. The number of nitrogens with two attached hydrogens (primary N) is 1. The van der Waals surface area contributed by atoms with Crippen molar-refractivity contribution in [2.24, 2.45) is 5.73 Å². The molecular weight excluding hydrogens is 296 g/mol. The van der Waals surface area contributed by atoms with Crippen LogP contribution in [0.5, 0.6) is 11.6 Å². The average molecular weight is 307 g/mol. The molecule has 1 aromatic carbocycles. The van der Waals surface area contributed by atoms with Gasteiger partial charge in [-0.15, -0.1) is 0 Å². The number of nitrogens with zero attached hydrogens (tertiary/aromatic N) is 1. The highest BCUT2D eigenvalue weighted by atomic mass is 79.9. The predicted molar refractivity (Wildman–Crippen MR) is 71.7 cm³/mol. The van der Waals surface area contributed by atoms with Gasteiger partial charge in [0, 0.05) is 21.8 Å². The molecule has 0 aliphatic rings. The minimum atomic E-state index is -0.459. The molecule has 2 aromatic rings. The van der Waals surface area contributed by atoms with Gasteiger partial charge in [-0.1, -0.05) is 0 Å². The number of aromatic nitrogens is 1. The van der Waals surface area contributed by atoms with Crippen LogP contribution in [0.25, 0.3) is 0 Å². The number of rotatable bonds is 3. The zero-order chi connectivity index (χ0) is 13.1. The maximum atomic E-state index is 10.9. The Bertz CT molecular complexity index is 582. The summed E-state index contributed by atoms with van der Waals surface area (Å²) in [5, 5.41) is 0. The van der Waals surface area contributed by atoms with E-state index in [1.807, 2.05) is 13.0 Å². The minimum Gasteiger partial charge on any atom is -0.439 e. The lowest BCUT2D eigenvalue weighted by Crippen LogP contribution is -2.10. The van der Waals surface area contributed by atoms with Gasteiger partial charge in [0.15, 0.2) is 0 Å². The van der Waals surface area contributed by atoms with Gasteiger partial charge in [0.25, 0.3) is 0 Å². The zero-order valence-corrected chi connectivity index (χ0v) is 11.3. The van der Waals surface area contributed by atoms with Crippen LogP contribution in [0.3, 0.4) is 0 Å². The van der Waals surface area contributed by atoms with Crippen LogP contribution in [-0.4, -0.2) is 10.9 Å². The lowest BCUT2D eigenvalue weighted by molar-refractivity contribution is 0.100. The molecule has 0 saturated heterocycles. The van der Waals surface area contributed by atoms with Crippen molar-refractivity contribution in [2.75, 3.05) is 0 Å². The number of halogens is 1. The fraction of sp³-hybridized carbons (Fsp3) is 0.0769. The molecular formula is C13H11BrN2O2. The maximum absolute atomic E-state index is 10.9. The van der Waals surface area contributed by atoms with E-state index in [1.54, 1.807) is 30.5 Å². The largest absolute Gasteiger partial charge is 0.439 e. The van der Waals surface area contributed by atoms with Crippen molar-refractivity contribution >= 4 is 21.8 Å². The first-order chi connectivity index (χ1) is 8.56. The molecule has 0 aliphatic carbocycles. The monoisotopic (exact) mass is 306 g/mol. The van der Waals surface area contributed by atoms with Gasteiger partial charge in [-0.3, -0.25) is 4.79 Å². The summed E-state index contributed by atoms with van der Waals surface area (Å²) in [6.45, 7) is 1.91. The summed E-state index contributed by atoms with van der Waals surface area (Å²) in [6.07, 6.45) is 1.67. The number of primary amides is 1. The third kappa shape index (κ3) is 2.87. The third-order valence-corrected chi connectivity index (χ3v) is 2.78. The first-order valence-corrected chi connectivity index (χ1v) is 6.05. The molecule has 2 N–H and O–H groups in total. The Kier molecular flexibility index (Phi) is 3.62. The number of ether oxygens (including phenoxy) is 1. The molecule has 0 radical (unpaired) electrons. The summed E-state index contributed by atoms with van der Waals surface area (Å²) in [5.74, 6) is 0.683. The molecule has 0 unspecified atom stereocenters. The van der Waals surface area contributed by atoms with E-state index in [2.05, 4.69) is 20.9 Å². The highest BCUT2D eigenvalue weighted by molar-refractivity contribution is 9.10. The summed E-state index contributed by atoms with van der Waals surface area (Å²) in [4.78, 5) is 15.1. The number of pyridine rings is 1. The van der Waals surface area contributed by atoms with E-state index in [0.717, 1.165) is 10.0 Å². The number of aryl methyl sites for hydroxylation is 1. The van der Waals surface area contributed by atoms with Gasteiger partial charge in [-0.2, -0.15) is 0 Å². The van der Waals surface area contributed by atoms with E-state index in [9.17, 15) is 4.79 Å². The summed E-state index contributed by atoms with van der Waals surface area (Å²) in [6, 6.07) is 8.52. The number of hydrogen-bond donors (Lipinski definition) is 1. The molecule has 0 bridgehead atoms. The molecule has 92 valence electrons. The molecule has 0 saturated carbocycles. The van der Waals surface area contributed by atoms with E-state index in [0.29, 0.717) is 17.2 Å². The summed E-state index contributed by atoms with van der Waals surface area (Å²) in [5.41, 5.74) is 6.53. The zero-order valence-electron chi connectivity index (χ0n) is 9.68. The molecule has 1 heterocycles. The Labute approximate surface area is 113 Å². The van der Waals surface area contributed by atoms with Gasteiger partial charge in [-0.05, 0) is 53.2 Å². The van der Waals surface area contributed by atoms with Crippen molar-refractivity contribution in [1.82, 2.24) is 4.98 Å². The number of benzene rings is 1. The van der Waals surface area contributed by atoms with Crippen molar-refractivity contribution in [3.05, 3.63) is 52.1 Å². The highest BCUT2D eigenvalue weighted by Crippen LogP contribution is 2.24. The second kappa shape index (κ2) is 5.18. The fourth-order valence-electron chi connectivity index (χ4n) is 1.43. The number of hydrogen-bond acceptors (Lipinski definition) is 3. The molecule has 5 heteroatoms. The smallest absolute Gasteiger partial charge is 0.248 e. The Hall–Kier alpha value is -1.88.